The van der Waals surface area contributed by atoms with Crippen molar-refractivity contribution >= 4 is 23.4 Å². The molecule has 0 bridgehead atoms. The summed E-state index contributed by atoms with van der Waals surface area (Å²) < 4.78 is 12.8. The lowest BCUT2D eigenvalue weighted by Crippen LogP contribution is -2.37. The van der Waals surface area contributed by atoms with Crippen molar-refractivity contribution in [3.8, 4) is 11.5 Å². The van der Waals surface area contributed by atoms with Crippen molar-refractivity contribution in [1.29, 1.82) is 0 Å². The Kier molecular flexibility index (Phi) is 6.51. The number of hydrogen-bond acceptors (Lipinski definition) is 6. The molecule has 8 nitrogen and oxygen atoms in total. The quantitative estimate of drug-likeness (QED) is 0.771. The zero-order chi connectivity index (χ0) is 19.3. The maximum absolute atomic E-state index is 12.1. The molecule has 2 aromatic rings. The number of nitrogens with one attached hydrogen (secondary N) is 1. The van der Waals surface area contributed by atoms with E-state index in [1.807, 2.05) is 0 Å². The van der Waals surface area contributed by atoms with Gasteiger partial charge in [-0.2, -0.15) is 0 Å². The highest BCUT2D eigenvalue weighted by Crippen LogP contribution is 2.29. The first-order valence-corrected chi connectivity index (χ1v) is 8.88. The summed E-state index contributed by atoms with van der Waals surface area (Å²) in [6, 6.07) is 6.50. The number of aromatic nitrogens is 2. The molecule has 0 fully saturated rings. The fourth-order valence-corrected chi connectivity index (χ4v) is 3.10. The van der Waals surface area contributed by atoms with Crippen LogP contribution in [0.4, 0.5) is 5.69 Å². The highest BCUT2D eigenvalue weighted by molar-refractivity contribution is 7.99. The van der Waals surface area contributed by atoms with Crippen LogP contribution in [0.2, 0.25) is 0 Å². The van der Waals surface area contributed by atoms with Crippen molar-refractivity contribution in [2.24, 2.45) is 14.1 Å². The fraction of sp³-hybridized carbons (Fsp3) is 0.353. The van der Waals surface area contributed by atoms with Gasteiger partial charge < -0.3 is 14.8 Å². The van der Waals surface area contributed by atoms with Gasteiger partial charge >= 0.3 is 5.69 Å². The summed E-state index contributed by atoms with van der Waals surface area (Å²) in [5.74, 6) is 1.44. The molecule has 0 unspecified atom stereocenters. The van der Waals surface area contributed by atoms with E-state index in [0.29, 0.717) is 28.6 Å². The van der Waals surface area contributed by atoms with Gasteiger partial charge in [-0.15, -0.1) is 11.8 Å². The normalized spacial score (nSPS) is 10.5. The third kappa shape index (κ3) is 4.48. The number of anilines is 1. The maximum atomic E-state index is 12.1. The topological polar surface area (TPSA) is 91.6 Å². The summed E-state index contributed by atoms with van der Waals surface area (Å²) in [5, 5.41) is 2.77. The van der Waals surface area contributed by atoms with Gasteiger partial charge in [0, 0.05) is 37.7 Å². The zero-order valence-electron chi connectivity index (χ0n) is 15.1. The molecule has 1 amide bonds. The Morgan fingerprint density at radius 3 is 2.50 bits per heavy atom. The van der Waals surface area contributed by atoms with Gasteiger partial charge in [0.15, 0.2) is 0 Å². The lowest BCUT2D eigenvalue weighted by molar-refractivity contribution is -0.113. The minimum absolute atomic E-state index is 0.165. The number of carbonyl (C=O) groups excluding carboxylic acids is 1. The van der Waals surface area contributed by atoms with Crippen LogP contribution < -0.4 is 26.0 Å². The molecule has 1 heterocycles. The van der Waals surface area contributed by atoms with Crippen molar-refractivity contribution < 1.29 is 14.3 Å². The molecule has 9 heteroatoms. The summed E-state index contributed by atoms with van der Waals surface area (Å²) in [6.07, 6.45) is 0. The van der Waals surface area contributed by atoms with E-state index in [-0.39, 0.29) is 22.9 Å². The number of ether oxygens (including phenoxy) is 2. The fourth-order valence-electron chi connectivity index (χ4n) is 2.25. The van der Waals surface area contributed by atoms with E-state index >= 15 is 0 Å². The molecule has 0 spiro atoms. The second kappa shape index (κ2) is 8.61. The minimum Gasteiger partial charge on any atom is -0.497 e. The Labute approximate surface area is 154 Å². The molecule has 1 aromatic carbocycles. The number of benzene rings is 1. The minimum atomic E-state index is -0.388. The first-order valence-electron chi connectivity index (χ1n) is 7.73. The molecule has 0 radical (unpaired) electrons. The first-order chi connectivity index (χ1) is 12.4. The molecule has 0 aliphatic rings. The molecular weight excluding hydrogens is 358 g/mol. The summed E-state index contributed by atoms with van der Waals surface area (Å²) >= 11 is 1.31. The molecule has 1 aromatic heterocycles. The zero-order valence-corrected chi connectivity index (χ0v) is 15.9. The Hall–Kier alpha value is -2.68. The van der Waals surface area contributed by atoms with Crippen LogP contribution in [-0.2, 0) is 24.6 Å². The second-order valence-electron chi connectivity index (χ2n) is 5.48. The second-order valence-corrected chi connectivity index (χ2v) is 6.47. The van der Waals surface area contributed by atoms with Gasteiger partial charge in [-0.05, 0) is 12.1 Å². The van der Waals surface area contributed by atoms with Crippen molar-refractivity contribution in [1.82, 2.24) is 9.13 Å². The Morgan fingerprint density at radius 1 is 1.12 bits per heavy atom. The molecule has 0 atom stereocenters. The Bertz CT molecular complexity index is 920. The van der Waals surface area contributed by atoms with Crippen LogP contribution in [0.25, 0.3) is 0 Å². The van der Waals surface area contributed by atoms with Gasteiger partial charge in [0.05, 0.1) is 25.7 Å². The highest BCUT2D eigenvalue weighted by Gasteiger charge is 2.11. The molecule has 0 saturated heterocycles. The van der Waals surface area contributed by atoms with Crippen LogP contribution >= 0.6 is 11.8 Å². The molecule has 0 aliphatic carbocycles. The summed E-state index contributed by atoms with van der Waals surface area (Å²) in [7, 11) is 6.08. The molecule has 0 aliphatic heterocycles. The molecule has 2 rings (SSSR count). The van der Waals surface area contributed by atoms with E-state index in [1.165, 1.54) is 36.6 Å². The number of thioether (sulfide) groups is 1. The maximum Gasteiger partial charge on any atom is 0.330 e. The Morgan fingerprint density at radius 2 is 1.85 bits per heavy atom. The van der Waals surface area contributed by atoms with Crippen molar-refractivity contribution in [2.75, 3.05) is 25.3 Å². The molecule has 1 N–H and O–H groups in total. The number of nitrogens with zero attached hydrogens (tertiary/aromatic N) is 2. The SMILES string of the molecule is COc1ccc(NC(=O)CSCc2cc(=O)n(C)c(=O)n2C)c(OC)c1. The van der Waals surface area contributed by atoms with E-state index < -0.39 is 0 Å². The average molecular weight is 379 g/mol. The van der Waals surface area contributed by atoms with Gasteiger partial charge in [0.1, 0.15) is 11.5 Å². The first kappa shape index (κ1) is 19.6. The lowest BCUT2D eigenvalue weighted by Gasteiger charge is -2.12. The van der Waals surface area contributed by atoms with Crippen molar-refractivity contribution in [2.45, 2.75) is 5.75 Å². The third-order valence-electron chi connectivity index (χ3n) is 3.79. The monoisotopic (exact) mass is 379 g/mol. The molecular formula is C17H21N3O5S. The van der Waals surface area contributed by atoms with E-state index in [0.717, 1.165) is 4.57 Å². The standard InChI is InChI=1S/C17H21N3O5S/c1-19-11(7-16(22)20(2)17(19)23)9-26-10-15(21)18-13-6-5-12(24-3)8-14(13)25-4/h5-8H,9-10H2,1-4H3,(H,18,21). The predicted molar refractivity (Wildman–Crippen MR) is 101 cm³/mol. The van der Waals surface area contributed by atoms with Gasteiger partial charge in [0.25, 0.3) is 5.56 Å². The largest absolute Gasteiger partial charge is 0.497 e. The van der Waals surface area contributed by atoms with E-state index in [2.05, 4.69) is 5.32 Å². The summed E-state index contributed by atoms with van der Waals surface area (Å²) in [6.45, 7) is 0. The van der Waals surface area contributed by atoms with Crippen LogP contribution in [0.3, 0.4) is 0 Å². The molecule has 140 valence electrons. The summed E-state index contributed by atoms with van der Waals surface area (Å²) in [4.78, 5) is 35.7. The van der Waals surface area contributed by atoms with Crippen LogP contribution in [-0.4, -0.2) is 35.0 Å². The number of carbonyl (C=O) groups is 1. The Balaban J connectivity index is 1.98. The van der Waals surface area contributed by atoms with E-state index in [4.69, 9.17) is 9.47 Å². The van der Waals surface area contributed by atoms with Crippen molar-refractivity contribution in [3.63, 3.8) is 0 Å². The van der Waals surface area contributed by atoms with Gasteiger partial charge in [-0.25, -0.2) is 4.79 Å². The predicted octanol–water partition coefficient (Wildman–Crippen LogP) is 0.973. The van der Waals surface area contributed by atoms with Crippen LogP contribution in [0.5, 0.6) is 11.5 Å². The van der Waals surface area contributed by atoms with E-state index in [9.17, 15) is 14.4 Å². The van der Waals surface area contributed by atoms with Gasteiger partial charge in [0.2, 0.25) is 5.91 Å². The van der Waals surface area contributed by atoms with Crippen LogP contribution in [0.1, 0.15) is 5.69 Å². The smallest absolute Gasteiger partial charge is 0.330 e. The number of amides is 1. The number of hydrogen-bond donors (Lipinski definition) is 1. The van der Waals surface area contributed by atoms with E-state index in [1.54, 1.807) is 32.4 Å². The van der Waals surface area contributed by atoms with Crippen LogP contribution in [0.15, 0.2) is 33.9 Å². The average Bonchev–Trinajstić information content (AvgIpc) is 2.64. The number of rotatable bonds is 7. The highest BCUT2D eigenvalue weighted by atomic mass is 32.2. The number of methoxy groups -OCH3 is 2. The summed E-state index contributed by atoms with van der Waals surface area (Å²) in [5.41, 5.74) is 0.356. The molecule has 0 saturated carbocycles. The molecule has 26 heavy (non-hydrogen) atoms. The van der Waals surface area contributed by atoms with Crippen LogP contribution in [0, 0.1) is 0 Å². The van der Waals surface area contributed by atoms with Gasteiger partial charge in [-0.1, -0.05) is 0 Å². The third-order valence-corrected chi connectivity index (χ3v) is 4.76. The lowest BCUT2D eigenvalue weighted by atomic mass is 10.2. The van der Waals surface area contributed by atoms with Gasteiger partial charge in [-0.3, -0.25) is 18.7 Å². The van der Waals surface area contributed by atoms with Crippen molar-refractivity contribution in [3.05, 3.63) is 50.8 Å².